The van der Waals surface area contributed by atoms with Gasteiger partial charge >= 0.3 is 0 Å². The van der Waals surface area contributed by atoms with Crippen LogP contribution < -0.4 is 0 Å². The van der Waals surface area contributed by atoms with Gasteiger partial charge in [0, 0.05) is 12.5 Å². The van der Waals surface area contributed by atoms with Gasteiger partial charge in [-0.1, -0.05) is 6.92 Å². The van der Waals surface area contributed by atoms with Crippen molar-refractivity contribution in [1.29, 1.82) is 0 Å². The maximum atomic E-state index is 9.48. The third kappa shape index (κ3) is 0.609. The first-order valence-corrected chi connectivity index (χ1v) is 3.47. The molecule has 0 amide bonds. The summed E-state index contributed by atoms with van der Waals surface area (Å²) in [5, 5.41) is 9.48. The van der Waals surface area contributed by atoms with Gasteiger partial charge in [0.25, 0.3) is 0 Å². The summed E-state index contributed by atoms with van der Waals surface area (Å²) in [6, 6.07) is 0. The van der Waals surface area contributed by atoms with Crippen LogP contribution in [-0.2, 0) is 6.54 Å². The van der Waals surface area contributed by atoms with Crippen LogP contribution in [0.1, 0.15) is 18.7 Å². The van der Waals surface area contributed by atoms with Crippen LogP contribution in [0.3, 0.4) is 0 Å². The summed E-state index contributed by atoms with van der Waals surface area (Å²) in [5.41, 5.74) is 0.951. The number of aliphatic hydroxyl groups excluding tert-OH is 1. The maximum absolute atomic E-state index is 9.48. The lowest BCUT2D eigenvalue weighted by Gasteiger charge is -2.04. The van der Waals surface area contributed by atoms with Crippen molar-refractivity contribution in [3.63, 3.8) is 0 Å². The molecule has 1 N–H and O–H groups in total. The molecule has 54 valence electrons. The molecule has 3 nitrogen and oxygen atoms in total. The van der Waals surface area contributed by atoms with E-state index in [4.69, 9.17) is 0 Å². The minimum absolute atomic E-state index is 0.303. The summed E-state index contributed by atoms with van der Waals surface area (Å²) >= 11 is 0. The molecule has 0 radical (unpaired) electrons. The minimum atomic E-state index is -0.303. The van der Waals surface area contributed by atoms with Crippen LogP contribution in [0.15, 0.2) is 12.5 Å². The second kappa shape index (κ2) is 1.83. The van der Waals surface area contributed by atoms with Gasteiger partial charge in [0.1, 0.15) is 0 Å². The van der Waals surface area contributed by atoms with Gasteiger partial charge in [-0.15, -0.1) is 0 Å². The fourth-order valence-electron chi connectivity index (χ4n) is 1.43. The van der Waals surface area contributed by atoms with E-state index in [-0.39, 0.29) is 6.10 Å². The first kappa shape index (κ1) is 5.92. The Kier molecular flexibility index (Phi) is 1.08. The van der Waals surface area contributed by atoms with Gasteiger partial charge in [0.15, 0.2) is 0 Å². The lowest BCUT2D eigenvalue weighted by molar-refractivity contribution is 0.132. The van der Waals surface area contributed by atoms with Crippen LogP contribution in [0.25, 0.3) is 0 Å². The third-order valence-electron chi connectivity index (χ3n) is 2.07. The second-order valence-electron chi connectivity index (χ2n) is 2.89. The first-order valence-electron chi connectivity index (χ1n) is 3.47. The number of rotatable bonds is 0. The van der Waals surface area contributed by atoms with E-state index in [1.165, 1.54) is 0 Å². The van der Waals surface area contributed by atoms with E-state index in [0.29, 0.717) is 5.92 Å². The van der Waals surface area contributed by atoms with Crippen LogP contribution in [0.2, 0.25) is 0 Å². The Hall–Kier alpha value is -0.830. The van der Waals surface area contributed by atoms with E-state index in [2.05, 4.69) is 4.98 Å². The smallest absolute Gasteiger partial charge is 0.0998 e. The highest BCUT2D eigenvalue weighted by molar-refractivity contribution is 5.08. The van der Waals surface area contributed by atoms with Gasteiger partial charge in [0.2, 0.25) is 0 Å². The van der Waals surface area contributed by atoms with Crippen molar-refractivity contribution < 1.29 is 5.11 Å². The lowest BCUT2D eigenvalue weighted by atomic mass is 10.1. The number of hydrogen-bond donors (Lipinski definition) is 1. The standard InChI is InChI=1S/C7H10N2O/c1-5-3-9-4-8-2-6(9)7(5)10/h2,4-5,7,10H,3H2,1H3. The molecule has 2 atom stereocenters. The Bertz CT molecular complexity index is 244. The van der Waals surface area contributed by atoms with E-state index in [1.807, 2.05) is 11.5 Å². The summed E-state index contributed by atoms with van der Waals surface area (Å²) in [7, 11) is 0. The average Bonchev–Trinajstić information content (AvgIpc) is 2.41. The monoisotopic (exact) mass is 138 g/mol. The Morgan fingerprint density at radius 1 is 1.80 bits per heavy atom. The molecular formula is C7H10N2O. The SMILES string of the molecule is CC1Cn2cncc2C1O. The third-order valence-corrected chi connectivity index (χ3v) is 2.07. The molecule has 1 aromatic rings. The number of imidazole rings is 1. The molecule has 0 aromatic carbocycles. The molecule has 2 heterocycles. The topological polar surface area (TPSA) is 38.0 Å². The number of hydrogen-bond acceptors (Lipinski definition) is 2. The summed E-state index contributed by atoms with van der Waals surface area (Å²) in [5.74, 6) is 0.345. The van der Waals surface area contributed by atoms with Crippen molar-refractivity contribution in [3.8, 4) is 0 Å². The largest absolute Gasteiger partial charge is 0.386 e. The average molecular weight is 138 g/mol. The van der Waals surface area contributed by atoms with Crippen LogP contribution in [0.4, 0.5) is 0 Å². The van der Waals surface area contributed by atoms with Crippen molar-refractivity contribution in [2.45, 2.75) is 19.6 Å². The number of aliphatic hydroxyl groups is 1. The zero-order valence-corrected chi connectivity index (χ0v) is 5.86. The second-order valence-corrected chi connectivity index (χ2v) is 2.89. The van der Waals surface area contributed by atoms with Crippen LogP contribution in [0.5, 0.6) is 0 Å². The highest BCUT2D eigenvalue weighted by Gasteiger charge is 2.27. The summed E-state index contributed by atoms with van der Waals surface area (Å²) in [6.45, 7) is 2.94. The fraction of sp³-hybridized carbons (Fsp3) is 0.571. The molecule has 10 heavy (non-hydrogen) atoms. The van der Waals surface area contributed by atoms with E-state index in [9.17, 15) is 5.11 Å². The Balaban J connectivity index is 2.43. The quantitative estimate of drug-likeness (QED) is 0.569. The van der Waals surface area contributed by atoms with Crippen molar-refractivity contribution >= 4 is 0 Å². The zero-order chi connectivity index (χ0) is 7.14. The van der Waals surface area contributed by atoms with Crippen molar-refractivity contribution in [2.24, 2.45) is 5.92 Å². The summed E-state index contributed by atoms with van der Waals surface area (Å²) in [4.78, 5) is 3.93. The highest BCUT2D eigenvalue weighted by atomic mass is 16.3. The number of fused-ring (bicyclic) bond motifs is 1. The van der Waals surface area contributed by atoms with Crippen LogP contribution in [0, 0.1) is 5.92 Å². The molecule has 0 aliphatic carbocycles. The minimum Gasteiger partial charge on any atom is -0.386 e. The number of aromatic nitrogens is 2. The predicted molar refractivity (Wildman–Crippen MR) is 36.4 cm³/mol. The Labute approximate surface area is 59.3 Å². The normalized spacial score (nSPS) is 30.6. The molecule has 2 unspecified atom stereocenters. The Morgan fingerprint density at radius 3 is 3.30 bits per heavy atom. The Morgan fingerprint density at radius 2 is 2.60 bits per heavy atom. The lowest BCUT2D eigenvalue weighted by Crippen LogP contribution is -2.01. The zero-order valence-electron chi connectivity index (χ0n) is 5.86. The van der Waals surface area contributed by atoms with Gasteiger partial charge in [-0.3, -0.25) is 0 Å². The summed E-state index contributed by atoms with van der Waals surface area (Å²) in [6.07, 6.45) is 3.19. The molecule has 0 spiro atoms. The fourth-order valence-corrected chi connectivity index (χ4v) is 1.43. The molecule has 0 bridgehead atoms. The highest BCUT2D eigenvalue weighted by Crippen LogP contribution is 2.29. The van der Waals surface area contributed by atoms with Crippen LogP contribution in [-0.4, -0.2) is 14.7 Å². The van der Waals surface area contributed by atoms with E-state index in [0.717, 1.165) is 12.2 Å². The van der Waals surface area contributed by atoms with Crippen molar-refractivity contribution in [2.75, 3.05) is 0 Å². The molecule has 3 heteroatoms. The van der Waals surface area contributed by atoms with Gasteiger partial charge in [0.05, 0.1) is 24.3 Å². The van der Waals surface area contributed by atoms with Gasteiger partial charge in [-0.25, -0.2) is 4.98 Å². The predicted octanol–water partition coefficient (Wildman–Crippen LogP) is 0.566. The van der Waals surface area contributed by atoms with E-state index in [1.54, 1.807) is 12.5 Å². The molecule has 0 saturated heterocycles. The van der Waals surface area contributed by atoms with Crippen molar-refractivity contribution in [1.82, 2.24) is 9.55 Å². The van der Waals surface area contributed by atoms with Crippen LogP contribution >= 0.6 is 0 Å². The molecule has 2 rings (SSSR count). The molecule has 0 saturated carbocycles. The van der Waals surface area contributed by atoms with E-state index >= 15 is 0 Å². The van der Waals surface area contributed by atoms with Gasteiger partial charge in [-0.2, -0.15) is 0 Å². The molecule has 1 aliphatic heterocycles. The summed E-state index contributed by atoms with van der Waals surface area (Å²) < 4.78 is 2.00. The maximum Gasteiger partial charge on any atom is 0.0998 e. The molecule has 1 aromatic heterocycles. The first-order chi connectivity index (χ1) is 4.79. The molecule has 0 fully saturated rings. The van der Waals surface area contributed by atoms with Crippen molar-refractivity contribution in [3.05, 3.63) is 18.2 Å². The van der Waals surface area contributed by atoms with Gasteiger partial charge in [-0.05, 0) is 0 Å². The molecular weight excluding hydrogens is 128 g/mol. The molecule has 1 aliphatic rings. The number of nitrogens with zero attached hydrogens (tertiary/aromatic N) is 2. The van der Waals surface area contributed by atoms with Gasteiger partial charge < -0.3 is 9.67 Å². The van der Waals surface area contributed by atoms with E-state index < -0.39 is 0 Å².